The monoisotopic (exact) mass is 313 g/mol. The van der Waals surface area contributed by atoms with Crippen LogP contribution in [0.1, 0.15) is 25.0 Å². The van der Waals surface area contributed by atoms with E-state index in [2.05, 4.69) is 5.32 Å². The minimum Gasteiger partial charge on any atom is -0.473 e. The van der Waals surface area contributed by atoms with Crippen LogP contribution in [-0.2, 0) is 14.3 Å². The Morgan fingerprint density at radius 2 is 1.77 bits per heavy atom. The minimum absolute atomic E-state index is 0.423. The van der Waals surface area contributed by atoms with E-state index in [-0.39, 0.29) is 0 Å². The lowest BCUT2D eigenvalue weighted by molar-refractivity contribution is -0.159. The zero-order valence-corrected chi connectivity index (χ0v) is 12.6. The van der Waals surface area contributed by atoms with Crippen LogP contribution in [0.4, 0.5) is 0 Å². The number of benzene rings is 1. The van der Waals surface area contributed by atoms with Gasteiger partial charge in [-0.3, -0.25) is 0 Å². The van der Waals surface area contributed by atoms with Crippen LogP contribution in [0.15, 0.2) is 30.3 Å². The topological polar surface area (TPSA) is 116 Å². The summed E-state index contributed by atoms with van der Waals surface area (Å²) in [7, 11) is 0. The predicted octanol–water partition coefficient (Wildman–Crippen LogP) is 0.892. The largest absolute Gasteiger partial charge is 0.473 e. The van der Waals surface area contributed by atoms with Crippen LogP contribution in [0, 0.1) is 0 Å². The summed E-state index contributed by atoms with van der Waals surface area (Å²) in [5, 5.41) is 27.8. The van der Waals surface area contributed by atoms with E-state index < -0.39 is 18.0 Å². The number of hydrogen-bond donors (Lipinski definition) is 4. The molecule has 0 fully saturated rings. The van der Waals surface area contributed by atoms with E-state index in [1.54, 1.807) is 0 Å². The number of aliphatic hydroxyl groups is 1. The molecule has 0 bridgehead atoms. The summed E-state index contributed by atoms with van der Waals surface area (Å²) in [6, 6.07) is 9.70. The van der Waals surface area contributed by atoms with Gasteiger partial charge in [0.15, 0.2) is 0 Å². The number of hydrogen-bond acceptors (Lipinski definition) is 5. The molecule has 7 heteroatoms. The van der Waals surface area contributed by atoms with Crippen LogP contribution in [0.3, 0.4) is 0 Å². The summed E-state index contributed by atoms with van der Waals surface area (Å²) in [5.41, 5.74) is 0.958. The van der Waals surface area contributed by atoms with Crippen LogP contribution in [0.5, 0.6) is 0 Å². The van der Waals surface area contributed by atoms with E-state index in [0.717, 1.165) is 31.7 Å². The highest BCUT2D eigenvalue weighted by Crippen LogP contribution is 2.10. The molecule has 1 atom stereocenters. The first-order chi connectivity index (χ1) is 10.5. The molecular weight excluding hydrogens is 290 g/mol. The molecule has 0 heterocycles. The lowest BCUT2D eigenvalue weighted by Gasteiger charge is -2.11. The molecule has 4 N–H and O–H groups in total. The van der Waals surface area contributed by atoms with Gasteiger partial charge in [-0.05, 0) is 25.5 Å². The summed E-state index contributed by atoms with van der Waals surface area (Å²) in [5.74, 6) is -3.65. The van der Waals surface area contributed by atoms with E-state index in [4.69, 9.17) is 24.5 Å². The van der Waals surface area contributed by atoms with Crippen LogP contribution < -0.4 is 5.32 Å². The molecular formula is C15H23NO6. The molecule has 0 saturated heterocycles. The smallest absolute Gasteiger partial charge is 0.414 e. The normalized spacial score (nSPS) is 11.2. The maximum absolute atomic E-state index is 9.83. The minimum atomic E-state index is -1.82. The van der Waals surface area contributed by atoms with Crippen molar-refractivity contribution in [3.05, 3.63) is 35.9 Å². The number of rotatable bonds is 8. The third kappa shape index (κ3) is 10.8. The third-order valence-corrected chi connectivity index (χ3v) is 2.55. The Balaban J connectivity index is 0.000000626. The van der Waals surface area contributed by atoms with Crippen LogP contribution in [-0.4, -0.2) is 53.6 Å². The zero-order valence-electron chi connectivity index (χ0n) is 12.6. The predicted molar refractivity (Wildman–Crippen MR) is 80.7 cm³/mol. The van der Waals surface area contributed by atoms with Gasteiger partial charge >= 0.3 is 11.9 Å². The second kappa shape index (κ2) is 12.8. The molecule has 1 aromatic carbocycles. The number of nitrogens with one attached hydrogen (secondary N) is 1. The lowest BCUT2D eigenvalue weighted by Crippen LogP contribution is -2.23. The molecule has 0 aliphatic heterocycles. The SMILES string of the molecule is CCOCCCNCC(O)c1ccccc1.O=C(O)C(=O)O. The van der Waals surface area contributed by atoms with Crippen molar-refractivity contribution >= 4 is 11.9 Å². The van der Waals surface area contributed by atoms with Gasteiger partial charge in [0, 0.05) is 19.8 Å². The molecule has 1 aromatic rings. The average Bonchev–Trinajstić information content (AvgIpc) is 2.52. The van der Waals surface area contributed by atoms with Crippen molar-refractivity contribution in [2.24, 2.45) is 0 Å². The number of carboxylic acids is 2. The summed E-state index contributed by atoms with van der Waals surface area (Å²) in [6.07, 6.45) is 0.559. The van der Waals surface area contributed by atoms with Crippen molar-refractivity contribution in [1.82, 2.24) is 5.32 Å². The van der Waals surface area contributed by atoms with Crippen LogP contribution in [0.25, 0.3) is 0 Å². The summed E-state index contributed by atoms with van der Waals surface area (Å²) < 4.78 is 5.22. The Bertz CT molecular complexity index is 411. The summed E-state index contributed by atoms with van der Waals surface area (Å²) >= 11 is 0. The van der Waals surface area contributed by atoms with Crippen molar-refractivity contribution in [3.8, 4) is 0 Å². The van der Waals surface area contributed by atoms with Crippen molar-refractivity contribution in [3.63, 3.8) is 0 Å². The Morgan fingerprint density at radius 3 is 2.27 bits per heavy atom. The van der Waals surface area contributed by atoms with Gasteiger partial charge in [-0.25, -0.2) is 9.59 Å². The Morgan fingerprint density at radius 1 is 1.18 bits per heavy atom. The Kier molecular flexibility index (Phi) is 11.6. The average molecular weight is 313 g/mol. The molecule has 0 saturated carbocycles. The van der Waals surface area contributed by atoms with Gasteiger partial charge in [-0.1, -0.05) is 30.3 Å². The van der Waals surface area contributed by atoms with Gasteiger partial charge in [-0.2, -0.15) is 0 Å². The van der Waals surface area contributed by atoms with Crippen molar-refractivity contribution in [2.75, 3.05) is 26.3 Å². The summed E-state index contributed by atoms with van der Waals surface area (Å²) in [4.78, 5) is 18.2. The summed E-state index contributed by atoms with van der Waals surface area (Å²) in [6.45, 7) is 5.02. The van der Waals surface area contributed by atoms with E-state index in [1.165, 1.54) is 0 Å². The van der Waals surface area contributed by atoms with Gasteiger partial charge in [0.2, 0.25) is 0 Å². The molecule has 0 aliphatic carbocycles. The van der Waals surface area contributed by atoms with Crippen molar-refractivity contribution < 1.29 is 29.6 Å². The number of aliphatic carboxylic acids is 2. The fourth-order valence-corrected chi connectivity index (χ4v) is 1.48. The molecule has 1 unspecified atom stereocenters. The molecule has 1 rings (SSSR count). The number of carboxylic acid groups (broad SMARTS) is 2. The molecule has 0 radical (unpaired) electrons. The molecule has 7 nitrogen and oxygen atoms in total. The molecule has 0 aliphatic rings. The van der Waals surface area contributed by atoms with Crippen molar-refractivity contribution in [1.29, 1.82) is 0 Å². The molecule has 0 spiro atoms. The highest BCUT2D eigenvalue weighted by molar-refractivity contribution is 6.27. The second-order valence-corrected chi connectivity index (χ2v) is 4.29. The fraction of sp³-hybridized carbons (Fsp3) is 0.467. The van der Waals surface area contributed by atoms with Crippen LogP contribution in [0.2, 0.25) is 0 Å². The zero-order chi connectivity index (χ0) is 16.8. The third-order valence-electron chi connectivity index (χ3n) is 2.55. The lowest BCUT2D eigenvalue weighted by atomic mass is 10.1. The maximum atomic E-state index is 9.83. The van der Waals surface area contributed by atoms with E-state index in [0.29, 0.717) is 6.54 Å². The van der Waals surface area contributed by atoms with E-state index in [9.17, 15) is 5.11 Å². The van der Waals surface area contributed by atoms with Gasteiger partial charge in [-0.15, -0.1) is 0 Å². The molecule has 22 heavy (non-hydrogen) atoms. The maximum Gasteiger partial charge on any atom is 0.414 e. The highest BCUT2D eigenvalue weighted by atomic mass is 16.5. The van der Waals surface area contributed by atoms with Crippen LogP contribution >= 0.6 is 0 Å². The van der Waals surface area contributed by atoms with Gasteiger partial charge in [0.1, 0.15) is 0 Å². The first-order valence-electron chi connectivity index (χ1n) is 6.96. The fourth-order valence-electron chi connectivity index (χ4n) is 1.48. The van der Waals surface area contributed by atoms with Gasteiger partial charge < -0.3 is 25.4 Å². The van der Waals surface area contributed by atoms with Gasteiger partial charge in [0.25, 0.3) is 0 Å². The standard InChI is InChI=1S/C13H21NO2.C2H2O4/c1-2-16-10-6-9-14-11-13(15)12-7-4-3-5-8-12;3-1(4)2(5)6/h3-5,7-8,13-15H,2,6,9-11H2,1H3;(H,3,4)(H,5,6). The van der Waals surface area contributed by atoms with E-state index in [1.807, 2.05) is 37.3 Å². The first-order valence-corrected chi connectivity index (χ1v) is 6.96. The number of ether oxygens (including phenoxy) is 1. The number of carbonyl (C=O) groups is 2. The van der Waals surface area contributed by atoms with Gasteiger partial charge in [0.05, 0.1) is 6.10 Å². The van der Waals surface area contributed by atoms with Crippen molar-refractivity contribution in [2.45, 2.75) is 19.4 Å². The first kappa shape index (κ1) is 20.0. The molecule has 124 valence electrons. The molecule has 0 amide bonds. The molecule has 0 aromatic heterocycles. The Hall–Kier alpha value is -1.96. The number of aliphatic hydroxyl groups excluding tert-OH is 1. The van der Waals surface area contributed by atoms with E-state index >= 15 is 0 Å². The highest BCUT2D eigenvalue weighted by Gasteiger charge is 2.05. The second-order valence-electron chi connectivity index (χ2n) is 4.29. The quantitative estimate of drug-likeness (QED) is 0.416. The Labute approximate surface area is 129 Å².